The number of sulfonamides is 1. The molecule has 0 fully saturated rings. The molecular formula is C27H29BrFN3O6S. The molecule has 0 aromatic heterocycles. The largest absolute Gasteiger partial charge is 0.493 e. The zero-order valence-corrected chi connectivity index (χ0v) is 24.3. The van der Waals surface area contributed by atoms with Gasteiger partial charge >= 0.3 is 0 Å². The average Bonchev–Trinajstić information content (AvgIpc) is 2.94. The van der Waals surface area contributed by atoms with Crippen LogP contribution in [0.5, 0.6) is 11.5 Å². The van der Waals surface area contributed by atoms with E-state index in [9.17, 15) is 22.4 Å². The highest BCUT2D eigenvalue weighted by atomic mass is 79.9. The Bertz CT molecular complexity index is 1420. The van der Waals surface area contributed by atoms with Crippen molar-refractivity contribution in [2.45, 2.75) is 24.4 Å². The fourth-order valence-corrected chi connectivity index (χ4v) is 5.51. The highest BCUT2D eigenvalue weighted by Crippen LogP contribution is 2.32. The number of ether oxygens (including phenoxy) is 2. The molecule has 9 nitrogen and oxygen atoms in total. The van der Waals surface area contributed by atoms with Crippen LogP contribution in [0.2, 0.25) is 0 Å². The highest BCUT2D eigenvalue weighted by Gasteiger charge is 2.33. The normalized spacial score (nSPS) is 11.8. The van der Waals surface area contributed by atoms with Crippen molar-refractivity contribution in [3.8, 4) is 11.5 Å². The van der Waals surface area contributed by atoms with E-state index in [-0.39, 0.29) is 22.9 Å². The summed E-state index contributed by atoms with van der Waals surface area (Å²) >= 11 is 3.37. The molecule has 208 valence electrons. The van der Waals surface area contributed by atoms with Crippen molar-refractivity contribution in [1.82, 2.24) is 10.2 Å². The first-order valence-electron chi connectivity index (χ1n) is 11.8. The van der Waals surface area contributed by atoms with Crippen LogP contribution in [-0.2, 0) is 26.2 Å². The number of carbonyl (C=O) groups is 2. The number of nitrogens with one attached hydrogen (secondary N) is 1. The van der Waals surface area contributed by atoms with Gasteiger partial charge < -0.3 is 19.7 Å². The molecule has 0 saturated heterocycles. The first kappa shape index (κ1) is 29.9. The van der Waals surface area contributed by atoms with E-state index in [1.165, 1.54) is 56.5 Å². The minimum atomic E-state index is -4.36. The summed E-state index contributed by atoms with van der Waals surface area (Å²) in [5.41, 5.74) is 0.800. The molecule has 3 aromatic carbocycles. The summed E-state index contributed by atoms with van der Waals surface area (Å²) in [5, 5.41) is 2.53. The van der Waals surface area contributed by atoms with E-state index in [4.69, 9.17) is 9.47 Å². The molecule has 12 heteroatoms. The fraction of sp³-hybridized carbons (Fsp3) is 0.259. The number of methoxy groups -OCH3 is 2. The SMILES string of the molecule is CNC(=O)[C@@H](C)N(Cc1ccc(Br)cc1)C(=O)CN(c1ccc(F)cc1)S(=O)(=O)c1ccc(OC)c(OC)c1. The van der Waals surface area contributed by atoms with Crippen LogP contribution in [0.3, 0.4) is 0 Å². The maximum absolute atomic E-state index is 13.9. The van der Waals surface area contributed by atoms with Crippen molar-refractivity contribution < 1.29 is 31.9 Å². The Hall–Kier alpha value is -3.64. The van der Waals surface area contributed by atoms with Crippen LogP contribution in [0.25, 0.3) is 0 Å². The van der Waals surface area contributed by atoms with E-state index in [2.05, 4.69) is 21.2 Å². The molecule has 0 bridgehead atoms. The second-order valence-electron chi connectivity index (χ2n) is 8.44. The van der Waals surface area contributed by atoms with E-state index in [1.807, 2.05) is 0 Å². The maximum atomic E-state index is 13.9. The van der Waals surface area contributed by atoms with Gasteiger partial charge in [0.2, 0.25) is 11.8 Å². The van der Waals surface area contributed by atoms with E-state index in [0.29, 0.717) is 5.75 Å². The third kappa shape index (κ3) is 7.07. The lowest BCUT2D eigenvalue weighted by molar-refractivity contribution is -0.139. The third-order valence-corrected chi connectivity index (χ3v) is 8.31. The quantitative estimate of drug-likeness (QED) is 0.347. The predicted octanol–water partition coefficient (Wildman–Crippen LogP) is 3.96. The standard InChI is InChI=1S/C27H29BrFN3O6S/c1-18(27(34)30-2)31(16-19-5-7-20(28)8-6-19)26(33)17-32(22-11-9-21(29)10-12-22)39(35,36)23-13-14-24(37-3)25(15-23)38-4/h5-15,18H,16-17H2,1-4H3,(H,30,34)/t18-/m1/s1. The number of benzene rings is 3. The van der Waals surface area contributed by atoms with E-state index in [0.717, 1.165) is 26.5 Å². The molecule has 0 heterocycles. The Morgan fingerprint density at radius 2 is 1.59 bits per heavy atom. The van der Waals surface area contributed by atoms with Gasteiger partial charge in [0, 0.05) is 24.1 Å². The molecule has 2 amide bonds. The van der Waals surface area contributed by atoms with Gasteiger partial charge in [0.25, 0.3) is 10.0 Å². The van der Waals surface area contributed by atoms with Crippen LogP contribution in [0.15, 0.2) is 76.1 Å². The predicted molar refractivity (Wildman–Crippen MR) is 149 cm³/mol. The summed E-state index contributed by atoms with van der Waals surface area (Å²) in [4.78, 5) is 27.4. The number of hydrogen-bond acceptors (Lipinski definition) is 6. The number of rotatable bonds is 11. The number of anilines is 1. The summed E-state index contributed by atoms with van der Waals surface area (Å²) in [6, 6.07) is 15.0. The van der Waals surface area contributed by atoms with Crippen LogP contribution in [0.1, 0.15) is 12.5 Å². The lowest BCUT2D eigenvalue weighted by Gasteiger charge is -2.31. The van der Waals surface area contributed by atoms with E-state index >= 15 is 0 Å². The Labute approximate surface area is 235 Å². The summed E-state index contributed by atoms with van der Waals surface area (Å²) in [5.74, 6) is -1.13. The molecule has 0 aliphatic rings. The van der Waals surface area contributed by atoms with Crippen LogP contribution in [-0.4, -0.2) is 59.0 Å². The number of amides is 2. The van der Waals surface area contributed by atoms with Gasteiger partial charge in [-0.15, -0.1) is 0 Å². The summed E-state index contributed by atoms with van der Waals surface area (Å²) < 4.78 is 53.7. The Morgan fingerprint density at radius 1 is 0.974 bits per heavy atom. The molecule has 1 N–H and O–H groups in total. The third-order valence-electron chi connectivity index (χ3n) is 6.02. The number of hydrogen-bond donors (Lipinski definition) is 1. The minimum Gasteiger partial charge on any atom is -0.493 e. The molecule has 0 unspecified atom stereocenters. The molecule has 0 aliphatic heterocycles. The zero-order valence-electron chi connectivity index (χ0n) is 21.9. The van der Waals surface area contributed by atoms with Gasteiger partial charge in [-0.05, 0) is 61.0 Å². The van der Waals surface area contributed by atoms with Gasteiger partial charge in [-0.2, -0.15) is 0 Å². The molecular weight excluding hydrogens is 593 g/mol. The van der Waals surface area contributed by atoms with Gasteiger partial charge in [0.05, 0.1) is 24.8 Å². The van der Waals surface area contributed by atoms with Gasteiger partial charge in [0.15, 0.2) is 11.5 Å². The number of carbonyl (C=O) groups excluding carboxylic acids is 2. The number of halogens is 2. The Morgan fingerprint density at radius 3 is 2.15 bits per heavy atom. The molecule has 0 aliphatic carbocycles. The van der Waals surface area contributed by atoms with Crippen molar-refractivity contribution >= 4 is 43.5 Å². The van der Waals surface area contributed by atoms with Crippen molar-refractivity contribution in [2.24, 2.45) is 0 Å². The summed E-state index contributed by atoms with van der Waals surface area (Å²) in [6.07, 6.45) is 0. The highest BCUT2D eigenvalue weighted by molar-refractivity contribution is 9.10. The van der Waals surface area contributed by atoms with Gasteiger partial charge in [-0.25, -0.2) is 12.8 Å². The van der Waals surface area contributed by atoms with Crippen molar-refractivity contribution in [1.29, 1.82) is 0 Å². The second kappa shape index (κ2) is 12.9. The summed E-state index contributed by atoms with van der Waals surface area (Å²) in [6.45, 7) is 0.954. The van der Waals surface area contributed by atoms with Crippen LogP contribution in [0, 0.1) is 5.82 Å². The molecule has 3 aromatic rings. The molecule has 39 heavy (non-hydrogen) atoms. The Balaban J connectivity index is 2.06. The molecule has 0 saturated carbocycles. The van der Waals surface area contributed by atoms with Crippen LogP contribution >= 0.6 is 15.9 Å². The summed E-state index contributed by atoms with van der Waals surface area (Å²) in [7, 11) is -0.120. The van der Waals surface area contributed by atoms with Crippen LogP contribution < -0.4 is 19.1 Å². The Kier molecular flexibility index (Phi) is 9.92. The van der Waals surface area contributed by atoms with Gasteiger partial charge in [-0.1, -0.05) is 28.1 Å². The zero-order chi connectivity index (χ0) is 28.7. The lowest BCUT2D eigenvalue weighted by atomic mass is 10.1. The van der Waals surface area contributed by atoms with Crippen LogP contribution in [0.4, 0.5) is 10.1 Å². The fourth-order valence-electron chi connectivity index (χ4n) is 3.82. The molecule has 0 radical (unpaired) electrons. The van der Waals surface area contributed by atoms with E-state index < -0.39 is 40.2 Å². The smallest absolute Gasteiger partial charge is 0.264 e. The average molecular weight is 623 g/mol. The molecule has 1 atom stereocenters. The lowest BCUT2D eigenvalue weighted by Crippen LogP contribution is -2.50. The second-order valence-corrected chi connectivity index (χ2v) is 11.2. The first-order chi connectivity index (χ1) is 18.5. The molecule has 3 rings (SSSR count). The topological polar surface area (TPSA) is 105 Å². The molecule has 0 spiro atoms. The minimum absolute atomic E-state index is 0.0500. The van der Waals surface area contributed by atoms with Crippen molar-refractivity contribution in [3.63, 3.8) is 0 Å². The van der Waals surface area contributed by atoms with Gasteiger partial charge in [-0.3, -0.25) is 13.9 Å². The van der Waals surface area contributed by atoms with Crippen molar-refractivity contribution in [3.05, 3.63) is 82.6 Å². The first-order valence-corrected chi connectivity index (χ1v) is 14.0. The van der Waals surface area contributed by atoms with E-state index in [1.54, 1.807) is 31.2 Å². The number of likely N-dealkylation sites (N-methyl/N-ethyl adjacent to an activating group) is 1. The van der Waals surface area contributed by atoms with Crippen molar-refractivity contribution in [2.75, 3.05) is 32.1 Å². The van der Waals surface area contributed by atoms with Gasteiger partial charge in [0.1, 0.15) is 18.4 Å². The monoisotopic (exact) mass is 621 g/mol. The maximum Gasteiger partial charge on any atom is 0.264 e. The number of nitrogens with zero attached hydrogens (tertiary/aromatic N) is 2.